The predicted molar refractivity (Wildman–Crippen MR) is 67.3 cm³/mol. The maximum atomic E-state index is 12.5. The first kappa shape index (κ1) is 16.5. The minimum Gasteiger partial charge on any atom is -0.300 e. The molecule has 0 atom stereocenters. The molecule has 1 aliphatic rings. The summed E-state index contributed by atoms with van der Waals surface area (Å²) in [5, 5.41) is 0. The van der Waals surface area contributed by atoms with Gasteiger partial charge in [-0.2, -0.15) is 17.5 Å². The van der Waals surface area contributed by atoms with Crippen LogP contribution in [0.4, 0.5) is 13.2 Å². The summed E-state index contributed by atoms with van der Waals surface area (Å²) in [6.07, 6.45) is -1.13. The quantitative estimate of drug-likeness (QED) is 0.722. The Morgan fingerprint density at radius 1 is 1.37 bits per heavy atom. The van der Waals surface area contributed by atoms with Gasteiger partial charge < -0.3 is 0 Å². The molecular formula is C11H19F3N2O2S. The molecule has 0 saturated carbocycles. The van der Waals surface area contributed by atoms with Crippen LogP contribution in [0.1, 0.15) is 12.8 Å². The lowest BCUT2D eigenvalue weighted by Gasteiger charge is -2.37. The van der Waals surface area contributed by atoms with Gasteiger partial charge in [0, 0.05) is 12.6 Å². The van der Waals surface area contributed by atoms with E-state index in [4.69, 9.17) is 0 Å². The van der Waals surface area contributed by atoms with Gasteiger partial charge in [0.2, 0.25) is 10.0 Å². The Bertz CT molecular complexity index is 401. The zero-order valence-electron chi connectivity index (χ0n) is 10.9. The van der Waals surface area contributed by atoms with Crippen LogP contribution in [0.3, 0.4) is 0 Å². The van der Waals surface area contributed by atoms with Gasteiger partial charge >= 0.3 is 6.18 Å². The Balaban J connectivity index is 2.71. The molecule has 19 heavy (non-hydrogen) atoms. The average molecular weight is 300 g/mol. The number of sulfonamides is 1. The van der Waals surface area contributed by atoms with Crippen LogP contribution in [0.2, 0.25) is 0 Å². The highest BCUT2D eigenvalue weighted by Gasteiger charge is 2.39. The molecule has 0 aromatic carbocycles. The zero-order valence-corrected chi connectivity index (χ0v) is 11.7. The van der Waals surface area contributed by atoms with Crippen LogP contribution in [0.25, 0.3) is 0 Å². The average Bonchev–Trinajstić information content (AvgIpc) is 2.25. The minimum absolute atomic E-state index is 0.414. The van der Waals surface area contributed by atoms with Crippen molar-refractivity contribution < 1.29 is 21.6 Å². The molecule has 4 nitrogen and oxygen atoms in total. The zero-order chi connectivity index (χ0) is 14.7. The molecule has 0 amide bonds. The van der Waals surface area contributed by atoms with Gasteiger partial charge in [0.15, 0.2) is 0 Å². The third kappa shape index (κ3) is 5.50. The van der Waals surface area contributed by atoms with Crippen molar-refractivity contribution in [3.63, 3.8) is 0 Å². The number of hydrogen-bond acceptors (Lipinski definition) is 3. The van der Waals surface area contributed by atoms with Gasteiger partial charge in [0.1, 0.15) is 6.54 Å². The van der Waals surface area contributed by atoms with Crippen molar-refractivity contribution in [3.05, 3.63) is 12.7 Å². The standard InChI is InChI=1S/C11H19F3N2O2S/c1-3-6-15-7-4-10(5-8-15)16(19(2,17)18)9-11(12,13)14/h3,10H,1,4-9H2,2H3. The topological polar surface area (TPSA) is 40.6 Å². The number of alkyl halides is 3. The number of hydrogen-bond donors (Lipinski definition) is 0. The molecule has 0 aromatic rings. The fraction of sp³-hybridized carbons (Fsp3) is 0.818. The molecule has 0 aromatic heterocycles. The van der Waals surface area contributed by atoms with E-state index in [9.17, 15) is 21.6 Å². The van der Waals surface area contributed by atoms with E-state index in [0.717, 1.165) is 6.26 Å². The Labute approximate surface area is 111 Å². The number of piperidine rings is 1. The molecule has 8 heteroatoms. The molecule has 0 spiro atoms. The summed E-state index contributed by atoms with van der Waals surface area (Å²) in [6.45, 7) is 4.03. The van der Waals surface area contributed by atoms with Gasteiger partial charge in [-0.05, 0) is 25.9 Å². The highest BCUT2D eigenvalue weighted by molar-refractivity contribution is 7.88. The van der Waals surface area contributed by atoms with Gasteiger partial charge in [-0.25, -0.2) is 8.42 Å². The van der Waals surface area contributed by atoms with Crippen molar-refractivity contribution in [1.29, 1.82) is 0 Å². The molecule has 112 valence electrons. The summed E-state index contributed by atoms with van der Waals surface area (Å²) in [6, 6.07) is -0.572. The summed E-state index contributed by atoms with van der Waals surface area (Å²) >= 11 is 0. The molecule has 1 fully saturated rings. The Morgan fingerprint density at radius 2 is 1.89 bits per heavy atom. The van der Waals surface area contributed by atoms with Crippen LogP contribution >= 0.6 is 0 Å². The van der Waals surface area contributed by atoms with Crippen LogP contribution in [0.5, 0.6) is 0 Å². The van der Waals surface area contributed by atoms with E-state index < -0.39 is 28.8 Å². The molecule has 0 radical (unpaired) electrons. The first-order chi connectivity index (χ1) is 8.63. The van der Waals surface area contributed by atoms with Crippen LogP contribution < -0.4 is 0 Å². The second-order valence-corrected chi connectivity index (χ2v) is 6.68. The van der Waals surface area contributed by atoms with Crippen LogP contribution in [-0.2, 0) is 10.0 Å². The minimum atomic E-state index is -4.51. The monoisotopic (exact) mass is 300 g/mol. The van der Waals surface area contributed by atoms with E-state index in [1.54, 1.807) is 6.08 Å². The number of halogens is 3. The Morgan fingerprint density at radius 3 is 2.26 bits per heavy atom. The summed E-state index contributed by atoms with van der Waals surface area (Å²) in [5.74, 6) is 0. The van der Waals surface area contributed by atoms with E-state index in [-0.39, 0.29) is 0 Å². The van der Waals surface area contributed by atoms with Crippen molar-refractivity contribution in [2.75, 3.05) is 32.4 Å². The third-order valence-electron chi connectivity index (χ3n) is 3.11. The van der Waals surface area contributed by atoms with Crippen molar-refractivity contribution >= 4 is 10.0 Å². The molecular weight excluding hydrogens is 281 g/mol. The SMILES string of the molecule is C=CCN1CCC(N(CC(F)(F)F)S(C)(=O)=O)CC1. The normalized spacial score (nSPS) is 19.8. The highest BCUT2D eigenvalue weighted by atomic mass is 32.2. The molecule has 1 saturated heterocycles. The maximum absolute atomic E-state index is 12.5. The number of nitrogens with zero attached hydrogens (tertiary/aromatic N) is 2. The lowest BCUT2D eigenvalue weighted by molar-refractivity contribution is -0.140. The highest BCUT2D eigenvalue weighted by Crippen LogP contribution is 2.24. The van der Waals surface area contributed by atoms with Gasteiger partial charge in [-0.3, -0.25) is 4.90 Å². The van der Waals surface area contributed by atoms with Crippen molar-refractivity contribution in [3.8, 4) is 0 Å². The van der Waals surface area contributed by atoms with E-state index in [1.807, 2.05) is 4.90 Å². The van der Waals surface area contributed by atoms with Crippen LogP contribution in [-0.4, -0.2) is 62.3 Å². The van der Waals surface area contributed by atoms with Gasteiger partial charge in [-0.15, -0.1) is 6.58 Å². The summed E-state index contributed by atoms with van der Waals surface area (Å²) in [4.78, 5) is 2.04. The van der Waals surface area contributed by atoms with E-state index >= 15 is 0 Å². The lowest BCUT2D eigenvalue weighted by atomic mass is 10.1. The van der Waals surface area contributed by atoms with Crippen LogP contribution in [0.15, 0.2) is 12.7 Å². The molecule has 0 bridgehead atoms. The molecule has 1 rings (SSSR count). The Kier molecular flexibility index (Phi) is 5.40. The van der Waals surface area contributed by atoms with E-state index in [0.29, 0.717) is 36.8 Å². The largest absolute Gasteiger partial charge is 0.402 e. The smallest absolute Gasteiger partial charge is 0.300 e. The molecule has 1 heterocycles. The molecule has 0 unspecified atom stereocenters. The van der Waals surface area contributed by atoms with Gasteiger partial charge in [0.05, 0.1) is 6.26 Å². The molecule has 0 aliphatic carbocycles. The van der Waals surface area contributed by atoms with E-state index in [1.165, 1.54) is 0 Å². The maximum Gasteiger partial charge on any atom is 0.402 e. The first-order valence-electron chi connectivity index (χ1n) is 6.00. The summed E-state index contributed by atoms with van der Waals surface area (Å²) in [5.41, 5.74) is 0. The van der Waals surface area contributed by atoms with Crippen molar-refractivity contribution in [1.82, 2.24) is 9.21 Å². The van der Waals surface area contributed by atoms with E-state index in [2.05, 4.69) is 6.58 Å². The molecule has 0 N–H and O–H groups in total. The fourth-order valence-electron chi connectivity index (χ4n) is 2.27. The predicted octanol–water partition coefficient (Wildman–Crippen LogP) is 1.46. The summed E-state index contributed by atoms with van der Waals surface area (Å²) < 4.78 is 61.0. The third-order valence-corrected chi connectivity index (χ3v) is 4.39. The number of rotatable bonds is 5. The molecule has 1 aliphatic heterocycles. The van der Waals surface area contributed by atoms with Crippen molar-refractivity contribution in [2.45, 2.75) is 25.1 Å². The second kappa shape index (κ2) is 6.23. The van der Waals surface area contributed by atoms with Crippen molar-refractivity contribution in [2.24, 2.45) is 0 Å². The Hall–Kier alpha value is -0.600. The van der Waals surface area contributed by atoms with Gasteiger partial charge in [-0.1, -0.05) is 6.08 Å². The lowest BCUT2D eigenvalue weighted by Crippen LogP contribution is -2.50. The second-order valence-electron chi connectivity index (χ2n) is 4.74. The fourth-order valence-corrected chi connectivity index (χ4v) is 3.40. The van der Waals surface area contributed by atoms with Gasteiger partial charge in [0.25, 0.3) is 0 Å². The number of likely N-dealkylation sites (tertiary alicyclic amines) is 1. The first-order valence-corrected chi connectivity index (χ1v) is 7.85. The van der Waals surface area contributed by atoms with Crippen LogP contribution in [0, 0.1) is 0 Å². The summed E-state index contributed by atoms with van der Waals surface area (Å²) in [7, 11) is -3.85.